The first-order chi connectivity index (χ1) is 14.6. The van der Waals surface area contributed by atoms with Crippen LogP contribution in [0.2, 0.25) is 0 Å². The number of Topliss-reactive ketones (excluding diaryl/α,β-unsaturated/α-hetero) is 1. The normalized spacial score (nSPS) is 20.8. The van der Waals surface area contributed by atoms with Gasteiger partial charge in [-0.3, -0.25) is 14.4 Å². The topological polar surface area (TPSA) is 123 Å². The van der Waals surface area contributed by atoms with Crippen molar-refractivity contribution < 1.29 is 28.6 Å². The lowest BCUT2D eigenvalue weighted by Gasteiger charge is -2.18. The highest BCUT2D eigenvalue weighted by molar-refractivity contribution is 6.36. The number of allylic oxidation sites excluding steroid dienone is 1. The monoisotopic (exact) mass is 431 g/mol. The predicted octanol–water partition coefficient (Wildman–Crippen LogP) is 1.33. The van der Waals surface area contributed by atoms with Gasteiger partial charge in [0, 0.05) is 29.8 Å². The van der Waals surface area contributed by atoms with Crippen LogP contribution >= 0.6 is 0 Å². The van der Waals surface area contributed by atoms with E-state index < -0.39 is 29.7 Å². The molecule has 0 saturated carbocycles. The first kappa shape index (κ1) is 25.6. The van der Waals surface area contributed by atoms with E-state index in [1.807, 2.05) is 26.8 Å². The van der Waals surface area contributed by atoms with Gasteiger partial charge in [0.25, 0.3) is 5.91 Å². The predicted molar refractivity (Wildman–Crippen MR) is 117 cm³/mol. The van der Waals surface area contributed by atoms with Gasteiger partial charge in [-0.1, -0.05) is 6.08 Å². The van der Waals surface area contributed by atoms with Crippen molar-refractivity contribution in [3.8, 4) is 0 Å². The zero-order valence-electron chi connectivity index (χ0n) is 18.4. The van der Waals surface area contributed by atoms with Crippen molar-refractivity contribution in [2.75, 3.05) is 6.54 Å². The maximum atomic E-state index is 12.0. The first-order valence-corrected chi connectivity index (χ1v) is 9.80. The van der Waals surface area contributed by atoms with Crippen LogP contribution in [0.1, 0.15) is 45.6 Å². The van der Waals surface area contributed by atoms with Gasteiger partial charge in [-0.15, -0.1) is 13.2 Å². The average Bonchev–Trinajstić information content (AvgIpc) is 2.76. The summed E-state index contributed by atoms with van der Waals surface area (Å²) in [6, 6.07) is 1.42. The lowest BCUT2D eigenvalue weighted by molar-refractivity contribution is -0.141. The number of aryl methyl sites for hydroxylation is 1. The van der Waals surface area contributed by atoms with Crippen molar-refractivity contribution in [2.24, 2.45) is 0 Å². The molecule has 1 aliphatic rings. The Kier molecular flexibility index (Phi) is 9.66. The maximum Gasteiger partial charge on any atom is 0.336 e. The van der Waals surface area contributed by atoms with Gasteiger partial charge in [-0.25, -0.2) is 4.79 Å². The van der Waals surface area contributed by atoms with Crippen molar-refractivity contribution in [3.63, 3.8) is 0 Å². The third-order valence-electron chi connectivity index (χ3n) is 4.86. The molecule has 8 heteroatoms. The second-order valence-corrected chi connectivity index (χ2v) is 7.00. The number of hydrogen-bond donors (Lipinski definition) is 2. The Labute approximate surface area is 180 Å². The molecule has 1 aromatic rings. The molecular weight excluding hydrogens is 402 g/mol. The van der Waals surface area contributed by atoms with E-state index in [4.69, 9.17) is 14.3 Å². The van der Waals surface area contributed by atoms with Gasteiger partial charge in [0.05, 0.1) is 12.2 Å². The molecular formula is C23H29NO7. The van der Waals surface area contributed by atoms with Gasteiger partial charge in [-0.05, 0) is 45.3 Å². The van der Waals surface area contributed by atoms with Gasteiger partial charge in [0.15, 0.2) is 0 Å². The number of carbonyl (C=O) groups excluding carboxylic acids is 2. The van der Waals surface area contributed by atoms with Crippen molar-refractivity contribution in [2.45, 2.75) is 53.1 Å². The average molecular weight is 431 g/mol. The van der Waals surface area contributed by atoms with Gasteiger partial charge < -0.3 is 19.6 Å². The third kappa shape index (κ3) is 7.09. The highest BCUT2D eigenvalue weighted by Crippen LogP contribution is 2.17. The molecule has 1 amide bonds. The number of aliphatic carboxylic acids is 1. The van der Waals surface area contributed by atoms with Gasteiger partial charge in [-0.2, -0.15) is 0 Å². The third-order valence-corrected chi connectivity index (χ3v) is 4.86. The molecule has 1 atom stereocenters. The molecule has 0 saturated heterocycles. The molecule has 0 spiro atoms. The zero-order valence-corrected chi connectivity index (χ0v) is 18.4. The summed E-state index contributed by atoms with van der Waals surface area (Å²) in [7, 11) is 0. The molecule has 1 aromatic heterocycles. The second kappa shape index (κ2) is 11.7. The minimum Gasteiger partial charge on any atom is -0.491 e. The number of fused-ring (bicyclic) bond motifs is 1. The van der Waals surface area contributed by atoms with Crippen LogP contribution in [0.15, 0.2) is 39.8 Å². The Bertz CT molecular complexity index is 1060. The first-order valence-electron chi connectivity index (χ1n) is 9.80. The number of carbonyl (C=O) groups is 3. The van der Waals surface area contributed by atoms with Crippen LogP contribution in [0, 0.1) is 6.92 Å². The fraction of sp³-hybridized carbons (Fsp3) is 0.391. The molecule has 2 rings (SSSR count). The molecule has 0 aliphatic carbocycles. The number of amides is 1. The van der Waals surface area contributed by atoms with E-state index in [1.54, 1.807) is 6.92 Å². The van der Waals surface area contributed by atoms with Crippen LogP contribution in [0.4, 0.5) is 0 Å². The van der Waals surface area contributed by atoms with Crippen LogP contribution in [0.3, 0.4) is 0 Å². The van der Waals surface area contributed by atoms with E-state index >= 15 is 0 Å². The zero-order chi connectivity index (χ0) is 23.7. The van der Waals surface area contributed by atoms with E-state index in [0.717, 1.165) is 21.9 Å². The summed E-state index contributed by atoms with van der Waals surface area (Å²) < 4.78 is 11.4. The van der Waals surface area contributed by atoms with Crippen molar-refractivity contribution in [1.82, 2.24) is 5.32 Å². The maximum absolute atomic E-state index is 12.0. The van der Waals surface area contributed by atoms with Crippen LogP contribution in [0.25, 0.3) is 11.6 Å². The summed E-state index contributed by atoms with van der Waals surface area (Å²) in [5.41, 5.74) is 2.34. The second-order valence-electron chi connectivity index (χ2n) is 7.00. The van der Waals surface area contributed by atoms with Crippen molar-refractivity contribution in [3.05, 3.63) is 57.2 Å². The SMILES string of the molecule is C/C1=C(\CNC(=O)C(=O)CCC(=O)O)C/C=c2/c(C)cc(=O)o/c2=C(\C)C(C)O1.C=C. The van der Waals surface area contributed by atoms with Crippen LogP contribution in [-0.2, 0) is 19.1 Å². The molecule has 0 fully saturated rings. The number of ketones is 1. The summed E-state index contributed by atoms with van der Waals surface area (Å²) in [4.78, 5) is 46.0. The number of ether oxygens (including phenoxy) is 1. The lowest BCUT2D eigenvalue weighted by atomic mass is 10.1. The van der Waals surface area contributed by atoms with Gasteiger partial charge in [0.2, 0.25) is 5.78 Å². The summed E-state index contributed by atoms with van der Waals surface area (Å²) in [6.07, 6.45) is 1.21. The van der Waals surface area contributed by atoms with Crippen LogP contribution in [-0.4, -0.2) is 35.4 Å². The highest BCUT2D eigenvalue weighted by Gasteiger charge is 2.18. The number of rotatable bonds is 6. The summed E-state index contributed by atoms with van der Waals surface area (Å²) in [5, 5.41) is 11.9. The Morgan fingerprint density at radius 3 is 2.45 bits per heavy atom. The Hall–Kier alpha value is -3.42. The Morgan fingerprint density at radius 2 is 1.84 bits per heavy atom. The quantitative estimate of drug-likeness (QED) is 0.515. The Morgan fingerprint density at radius 1 is 1.19 bits per heavy atom. The number of hydrogen-bond acceptors (Lipinski definition) is 6. The summed E-state index contributed by atoms with van der Waals surface area (Å²) in [6.45, 7) is 13.3. The van der Waals surface area contributed by atoms with Crippen LogP contribution < -0.4 is 21.6 Å². The number of carboxylic acids is 1. The fourth-order valence-corrected chi connectivity index (χ4v) is 2.97. The molecule has 2 N–H and O–H groups in total. The molecule has 1 unspecified atom stereocenters. The largest absolute Gasteiger partial charge is 0.491 e. The van der Waals surface area contributed by atoms with Gasteiger partial charge >= 0.3 is 11.6 Å². The molecule has 168 valence electrons. The van der Waals surface area contributed by atoms with E-state index in [0.29, 0.717) is 17.6 Å². The molecule has 2 heterocycles. The molecule has 0 radical (unpaired) electrons. The standard InChI is InChI=1S/C21H25NO7.C2H4/c1-11-9-19(26)29-20-12(2)13(3)28-14(4)15(5-6-16(11)20)10-22-21(27)17(23)7-8-18(24)25;1-2/h6,9,13H,5,7-8,10H2,1-4H3,(H,22,27)(H,24,25);1-2H2/b15-14+,16-6-,20-12+;. The smallest absolute Gasteiger partial charge is 0.336 e. The summed E-state index contributed by atoms with van der Waals surface area (Å²) >= 11 is 0. The van der Waals surface area contributed by atoms with Crippen molar-refractivity contribution in [1.29, 1.82) is 0 Å². The molecule has 8 nitrogen and oxygen atoms in total. The minimum atomic E-state index is -1.13. The van der Waals surface area contributed by atoms with E-state index in [2.05, 4.69) is 18.5 Å². The number of carboxylic acid groups (broad SMARTS) is 1. The fourth-order valence-electron chi connectivity index (χ4n) is 2.97. The molecule has 0 aromatic carbocycles. The lowest BCUT2D eigenvalue weighted by Crippen LogP contribution is -2.35. The van der Waals surface area contributed by atoms with E-state index in [-0.39, 0.29) is 19.1 Å². The number of nitrogens with one attached hydrogen (secondary N) is 1. The molecule has 31 heavy (non-hydrogen) atoms. The minimum absolute atomic E-state index is 0.0803. The summed E-state index contributed by atoms with van der Waals surface area (Å²) in [5.74, 6) is -2.15. The molecule has 0 bridgehead atoms. The van der Waals surface area contributed by atoms with Gasteiger partial charge in [0.1, 0.15) is 11.5 Å². The van der Waals surface area contributed by atoms with E-state index in [9.17, 15) is 19.2 Å². The molecule has 1 aliphatic heterocycles. The van der Waals surface area contributed by atoms with Crippen LogP contribution in [0.5, 0.6) is 0 Å². The van der Waals surface area contributed by atoms with E-state index in [1.165, 1.54) is 6.07 Å². The van der Waals surface area contributed by atoms with Crippen molar-refractivity contribution >= 4 is 29.3 Å². The highest BCUT2D eigenvalue weighted by atomic mass is 16.5. The Balaban J connectivity index is 0.00000233.